The van der Waals surface area contributed by atoms with Crippen molar-refractivity contribution < 1.29 is 0 Å². The highest BCUT2D eigenvalue weighted by molar-refractivity contribution is 7.10. The summed E-state index contributed by atoms with van der Waals surface area (Å²) in [5, 5.41) is 11.7. The van der Waals surface area contributed by atoms with E-state index in [1.165, 1.54) is 35.4 Å². The summed E-state index contributed by atoms with van der Waals surface area (Å²) in [6.07, 6.45) is 6.91. The van der Waals surface area contributed by atoms with E-state index in [2.05, 4.69) is 34.5 Å². The van der Waals surface area contributed by atoms with Gasteiger partial charge < -0.3 is 4.90 Å². The Morgan fingerprint density at radius 3 is 3.00 bits per heavy atom. The highest BCUT2D eigenvalue weighted by Gasteiger charge is 2.30. The Morgan fingerprint density at radius 2 is 2.18 bits per heavy atom. The second-order valence-electron chi connectivity index (χ2n) is 6.15. The number of rotatable bonds is 2. The first-order chi connectivity index (χ1) is 10.9. The van der Waals surface area contributed by atoms with E-state index >= 15 is 0 Å². The molecule has 112 valence electrons. The first-order valence-corrected chi connectivity index (χ1v) is 8.98. The molecule has 0 aromatic carbocycles. The van der Waals surface area contributed by atoms with Crippen LogP contribution in [0.1, 0.15) is 53.4 Å². The topological polar surface area (TPSA) is 39.9 Å². The fourth-order valence-corrected chi connectivity index (χ4v) is 4.59. The average molecular weight is 309 g/mol. The van der Waals surface area contributed by atoms with Crippen LogP contribution in [0.4, 0.5) is 5.82 Å². The maximum absolute atomic E-state index is 9.58. The van der Waals surface area contributed by atoms with Crippen molar-refractivity contribution in [2.24, 2.45) is 0 Å². The lowest BCUT2D eigenvalue weighted by Gasteiger charge is -2.27. The molecule has 2 aliphatic rings. The molecule has 4 heteroatoms. The maximum atomic E-state index is 9.58. The van der Waals surface area contributed by atoms with E-state index in [0.29, 0.717) is 6.04 Å². The van der Waals surface area contributed by atoms with Gasteiger partial charge >= 0.3 is 0 Å². The van der Waals surface area contributed by atoms with E-state index in [1.54, 1.807) is 0 Å². The minimum absolute atomic E-state index is 0.390. The van der Waals surface area contributed by atoms with Gasteiger partial charge in [-0.2, -0.15) is 5.26 Å². The Morgan fingerprint density at radius 1 is 1.27 bits per heavy atom. The van der Waals surface area contributed by atoms with Crippen molar-refractivity contribution in [3.63, 3.8) is 0 Å². The van der Waals surface area contributed by atoms with Crippen LogP contribution in [0.2, 0.25) is 0 Å². The first-order valence-electron chi connectivity index (χ1n) is 8.10. The average Bonchev–Trinajstić information content (AvgIpc) is 3.24. The number of aromatic nitrogens is 1. The molecular formula is C18H19N3S. The van der Waals surface area contributed by atoms with Crippen LogP contribution in [0.5, 0.6) is 0 Å². The molecule has 2 aromatic rings. The first kappa shape index (κ1) is 13.8. The SMILES string of the molecule is N#Cc1cc2c(nc1N1CCCC1c1cccs1)CCCC2. The molecule has 3 nitrogen and oxygen atoms in total. The normalized spacial score (nSPS) is 20.7. The molecule has 0 saturated carbocycles. The molecule has 3 heterocycles. The lowest BCUT2D eigenvalue weighted by atomic mass is 9.94. The fourth-order valence-electron chi connectivity index (χ4n) is 3.72. The van der Waals surface area contributed by atoms with Crippen LogP contribution in [0.15, 0.2) is 23.6 Å². The Kier molecular flexibility index (Phi) is 3.59. The standard InChI is InChI=1S/C18H19N3S/c19-12-14-11-13-5-1-2-6-15(13)20-18(14)21-9-3-7-16(21)17-8-4-10-22-17/h4,8,10-11,16H,1-3,5-7,9H2. The van der Waals surface area contributed by atoms with Crippen LogP contribution in [0.25, 0.3) is 0 Å². The smallest absolute Gasteiger partial charge is 0.147 e. The molecule has 1 unspecified atom stereocenters. The van der Waals surface area contributed by atoms with Crippen LogP contribution in [-0.2, 0) is 12.8 Å². The third-order valence-electron chi connectivity index (χ3n) is 4.80. The Bertz CT molecular complexity index is 715. The van der Waals surface area contributed by atoms with Crippen molar-refractivity contribution >= 4 is 17.2 Å². The number of aryl methyl sites for hydroxylation is 2. The molecular weight excluding hydrogens is 290 g/mol. The van der Waals surface area contributed by atoms with Gasteiger partial charge in [-0.3, -0.25) is 0 Å². The largest absolute Gasteiger partial charge is 0.348 e. The minimum atomic E-state index is 0.390. The predicted molar refractivity (Wildman–Crippen MR) is 89.2 cm³/mol. The number of anilines is 1. The zero-order chi connectivity index (χ0) is 14.9. The van der Waals surface area contributed by atoms with E-state index in [-0.39, 0.29) is 0 Å². The van der Waals surface area contributed by atoms with Gasteiger partial charge in [-0.15, -0.1) is 11.3 Å². The van der Waals surface area contributed by atoms with Crippen LogP contribution >= 0.6 is 11.3 Å². The van der Waals surface area contributed by atoms with Gasteiger partial charge in [-0.25, -0.2) is 4.98 Å². The van der Waals surface area contributed by atoms with Crippen molar-refractivity contribution in [2.75, 3.05) is 11.4 Å². The quantitative estimate of drug-likeness (QED) is 0.833. The van der Waals surface area contributed by atoms with Gasteiger partial charge in [0.05, 0.1) is 11.6 Å². The summed E-state index contributed by atoms with van der Waals surface area (Å²) in [7, 11) is 0. The van der Waals surface area contributed by atoms with Crippen LogP contribution in [0.3, 0.4) is 0 Å². The zero-order valence-electron chi connectivity index (χ0n) is 12.6. The molecule has 1 saturated heterocycles. The van der Waals surface area contributed by atoms with Gasteiger partial charge in [0.25, 0.3) is 0 Å². The number of fused-ring (bicyclic) bond motifs is 1. The summed E-state index contributed by atoms with van der Waals surface area (Å²) < 4.78 is 0. The van der Waals surface area contributed by atoms with Crippen LogP contribution in [0, 0.1) is 11.3 Å². The second-order valence-corrected chi connectivity index (χ2v) is 7.13. The molecule has 22 heavy (non-hydrogen) atoms. The number of hydrogen-bond donors (Lipinski definition) is 0. The summed E-state index contributed by atoms with van der Waals surface area (Å²) in [6.45, 7) is 1.00. The van der Waals surface area contributed by atoms with Crippen molar-refractivity contribution in [3.05, 3.63) is 45.3 Å². The van der Waals surface area contributed by atoms with E-state index in [0.717, 1.165) is 37.2 Å². The lowest BCUT2D eigenvalue weighted by Crippen LogP contribution is -2.25. The van der Waals surface area contributed by atoms with Gasteiger partial charge in [-0.1, -0.05) is 6.07 Å². The number of nitrogens with zero attached hydrogens (tertiary/aromatic N) is 3. The Labute approximate surface area is 135 Å². The van der Waals surface area contributed by atoms with Crippen LogP contribution < -0.4 is 4.90 Å². The van der Waals surface area contributed by atoms with Gasteiger partial charge in [0.2, 0.25) is 0 Å². The Hall–Kier alpha value is -1.86. The third-order valence-corrected chi connectivity index (χ3v) is 5.77. The molecule has 1 atom stereocenters. The molecule has 2 aromatic heterocycles. The minimum Gasteiger partial charge on any atom is -0.348 e. The van der Waals surface area contributed by atoms with Gasteiger partial charge in [-0.05, 0) is 61.6 Å². The highest BCUT2D eigenvalue weighted by atomic mass is 32.1. The summed E-state index contributed by atoms with van der Waals surface area (Å²) in [5.41, 5.74) is 3.26. The zero-order valence-corrected chi connectivity index (χ0v) is 13.4. The van der Waals surface area contributed by atoms with Gasteiger partial charge in [0.1, 0.15) is 11.9 Å². The van der Waals surface area contributed by atoms with Gasteiger partial charge in [0, 0.05) is 17.1 Å². The second kappa shape index (κ2) is 5.73. The monoisotopic (exact) mass is 309 g/mol. The predicted octanol–water partition coefficient (Wildman–Crippen LogP) is 4.24. The summed E-state index contributed by atoms with van der Waals surface area (Å²) in [5.74, 6) is 0.916. The van der Waals surface area contributed by atoms with E-state index < -0.39 is 0 Å². The summed E-state index contributed by atoms with van der Waals surface area (Å²) >= 11 is 1.81. The molecule has 0 N–H and O–H groups in total. The maximum Gasteiger partial charge on any atom is 0.147 e. The molecule has 0 amide bonds. The Balaban J connectivity index is 1.76. The molecule has 4 rings (SSSR count). The van der Waals surface area contributed by atoms with E-state index in [4.69, 9.17) is 4.98 Å². The molecule has 0 bridgehead atoms. The molecule has 1 aliphatic carbocycles. The molecule has 1 aliphatic heterocycles. The van der Waals surface area contributed by atoms with E-state index in [1.807, 2.05) is 11.3 Å². The molecule has 1 fully saturated rings. The molecule has 0 spiro atoms. The number of pyridine rings is 1. The van der Waals surface area contributed by atoms with Crippen molar-refractivity contribution in [1.82, 2.24) is 4.98 Å². The lowest BCUT2D eigenvalue weighted by molar-refractivity contribution is 0.660. The van der Waals surface area contributed by atoms with E-state index in [9.17, 15) is 5.26 Å². The third kappa shape index (κ3) is 2.30. The van der Waals surface area contributed by atoms with Crippen molar-refractivity contribution in [2.45, 2.75) is 44.6 Å². The summed E-state index contributed by atoms with van der Waals surface area (Å²) in [6, 6.07) is 9.20. The highest BCUT2D eigenvalue weighted by Crippen LogP contribution is 2.39. The number of hydrogen-bond acceptors (Lipinski definition) is 4. The van der Waals surface area contributed by atoms with Crippen LogP contribution in [-0.4, -0.2) is 11.5 Å². The summed E-state index contributed by atoms with van der Waals surface area (Å²) in [4.78, 5) is 8.68. The van der Waals surface area contributed by atoms with Gasteiger partial charge in [0.15, 0.2) is 0 Å². The van der Waals surface area contributed by atoms with Crippen molar-refractivity contribution in [1.29, 1.82) is 5.26 Å². The fraction of sp³-hybridized carbons (Fsp3) is 0.444. The van der Waals surface area contributed by atoms with Crippen molar-refractivity contribution in [3.8, 4) is 6.07 Å². The number of nitriles is 1. The number of thiophene rings is 1. The molecule has 0 radical (unpaired) electrons.